The van der Waals surface area contributed by atoms with Crippen molar-refractivity contribution in [3.05, 3.63) is 71.7 Å². The summed E-state index contributed by atoms with van der Waals surface area (Å²) in [7, 11) is 0. The lowest BCUT2D eigenvalue weighted by Gasteiger charge is -2.08. The van der Waals surface area contributed by atoms with E-state index in [1.54, 1.807) is 35.1 Å². The molecule has 0 aliphatic carbocycles. The van der Waals surface area contributed by atoms with Crippen LogP contribution in [0.4, 0.5) is 5.95 Å². The van der Waals surface area contributed by atoms with E-state index < -0.39 is 0 Å². The summed E-state index contributed by atoms with van der Waals surface area (Å²) < 4.78 is 1.71. The third-order valence-corrected chi connectivity index (χ3v) is 5.59. The molecule has 0 atom stereocenters. The fourth-order valence-corrected chi connectivity index (χ4v) is 3.77. The fourth-order valence-electron chi connectivity index (χ4n) is 3.77. The number of hydrogen-bond acceptors (Lipinski definition) is 8. The van der Waals surface area contributed by atoms with Crippen LogP contribution in [0.25, 0.3) is 22.6 Å². The molecule has 1 aliphatic rings. The second-order valence-corrected chi connectivity index (χ2v) is 8.28. The summed E-state index contributed by atoms with van der Waals surface area (Å²) in [5.41, 5.74) is 11.0. The summed E-state index contributed by atoms with van der Waals surface area (Å²) >= 11 is 0. The summed E-state index contributed by atoms with van der Waals surface area (Å²) in [4.78, 5) is 13.2. The van der Waals surface area contributed by atoms with Gasteiger partial charge in [0.25, 0.3) is 0 Å². The van der Waals surface area contributed by atoms with Crippen LogP contribution in [0.1, 0.15) is 43.1 Å². The van der Waals surface area contributed by atoms with E-state index in [0.29, 0.717) is 29.2 Å². The lowest BCUT2D eigenvalue weighted by atomic mass is 10.1. The molecule has 3 aromatic heterocycles. The lowest BCUT2D eigenvalue weighted by Crippen LogP contribution is -2.21. The molecule has 1 fully saturated rings. The van der Waals surface area contributed by atoms with Crippen molar-refractivity contribution in [2.24, 2.45) is 0 Å². The molecular weight excluding hydrogens is 438 g/mol. The van der Waals surface area contributed by atoms with Crippen LogP contribution >= 0.6 is 0 Å². The molecule has 1 aromatic carbocycles. The van der Waals surface area contributed by atoms with Crippen molar-refractivity contribution < 1.29 is 0 Å². The molecule has 4 aromatic rings. The van der Waals surface area contributed by atoms with Crippen LogP contribution in [0.5, 0.6) is 0 Å². The normalized spacial score (nSPS) is 12.9. The second kappa shape index (κ2) is 11.8. The standard InChI is InChI=1S/C21H18N8.C5H11N/c1-2-16-7-4-8-17(24-16)12-29-13-20(27-28-29)19-10-18(25-21(23)26-19)15-6-3-5-14(9-15)11-22;1-2-4-6-5-3-1/h3-10,13H,2,12H2,1H3,(H2,23,25,26);6H,1-5H2. The molecule has 0 amide bonds. The monoisotopic (exact) mass is 467 g/mol. The number of benzene rings is 1. The molecule has 1 aliphatic heterocycles. The number of aryl methyl sites for hydroxylation is 1. The first-order valence-electron chi connectivity index (χ1n) is 11.9. The summed E-state index contributed by atoms with van der Waals surface area (Å²) in [5, 5.41) is 20.8. The minimum absolute atomic E-state index is 0.131. The Morgan fingerprint density at radius 3 is 2.43 bits per heavy atom. The largest absolute Gasteiger partial charge is 0.368 e. The number of anilines is 1. The van der Waals surface area contributed by atoms with Crippen molar-refractivity contribution in [1.82, 2.24) is 35.3 Å². The van der Waals surface area contributed by atoms with Crippen molar-refractivity contribution in [2.75, 3.05) is 18.8 Å². The maximum atomic E-state index is 9.12. The second-order valence-electron chi connectivity index (χ2n) is 8.28. The predicted molar refractivity (Wildman–Crippen MR) is 135 cm³/mol. The maximum Gasteiger partial charge on any atom is 0.221 e. The number of nitrogens with zero attached hydrogens (tertiary/aromatic N) is 7. The zero-order chi connectivity index (χ0) is 24.5. The number of pyridine rings is 1. The minimum atomic E-state index is 0.131. The Hall–Kier alpha value is -4.16. The van der Waals surface area contributed by atoms with Gasteiger partial charge < -0.3 is 11.1 Å². The van der Waals surface area contributed by atoms with Crippen LogP contribution in [0.3, 0.4) is 0 Å². The molecule has 3 N–H and O–H groups in total. The van der Waals surface area contributed by atoms with Gasteiger partial charge in [-0.05, 0) is 62.7 Å². The molecule has 9 heteroatoms. The highest BCUT2D eigenvalue weighted by molar-refractivity contribution is 5.68. The number of hydrogen-bond donors (Lipinski definition) is 2. The van der Waals surface area contributed by atoms with Crippen LogP contribution < -0.4 is 11.1 Å². The van der Waals surface area contributed by atoms with Crippen LogP contribution in [0.15, 0.2) is 54.7 Å². The van der Waals surface area contributed by atoms with E-state index in [4.69, 9.17) is 11.0 Å². The van der Waals surface area contributed by atoms with Gasteiger partial charge >= 0.3 is 0 Å². The number of nitrogens with one attached hydrogen (secondary N) is 1. The summed E-state index contributed by atoms with van der Waals surface area (Å²) in [6.45, 7) is 5.08. The molecule has 0 bridgehead atoms. The van der Waals surface area contributed by atoms with Gasteiger partial charge in [0.15, 0.2) is 0 Å². The highest BCUT2D eigenvalue weighted by Gasteiger charge is 2.11. The number of nitrogens with two attached hydrogens (primary N) is 1. The Morgan fingerprint density at radius 1 is 0.943 bits per heavy atom. The van der Waals surface area contributed by atoms with Gasteiger partial charge in [0.05, 0.1) is 41.5 Å². The van der Waals surface area contributed by atoms with E-state index in [-0.39, 0.29) is 5.95 Å². The van der Waals surface area contributed by atoms with Crippen LogP contribution in [0.2, 0.25) is 0 Å². The average Bonchev–Trinajstić information content (AvgIpc) is 3.38. The van der Waals surface area contributed by atoms with Gasteiger partial charge in [-0.3, -0.25) is 4.98 Å². The van der Waals surface area contributed by atoms with Crippen molar-refractivity contribution >= 4 is 5.95 Å². The first kappa shape index (κ1) is 24.0. The van der Waals surface area contributed by atoms with E-state index in [9.17, 15) is 0 Å². The Bertz CT molecular complexity index is 1290. The topological polar surface area (TPSA) is 131 Å². The number of aromatic nitrogens is 6. The number of nitriles is 1. The predicted octanol–water partition coefficient (Wildman–Crippen LogP) is 3.62. The molecule has 0 unspecified atom stereocenters. The van der Waals surface area contributed by atoms with E-state index >= 15 is 0 Å². The van der Waals surface area contributed by atoms with E-state index in [1.807, 2.05) is 24.3 Å². The van der Waals surface area contributed by atoms with Gasteiger partial charge in [0.2, 0.25) is 5.95 Å². The SMILES string of the molecule is C1CCNCC1.CCc1cccc(Cn2cc(-c3cc(-c4cccc(C#N)c4)nc(N)n3)nn2)n1. The zero-order valence-electron chi connectivity index (χ0n) is 19.9. The minimum Gasteiger partial charge on any atom is -0.368 e. The maximum absolute atomic E-state index is 9.12. The Balaban J connectivity index is 0.000000421. The number of piperidine rings is 1. The number of nitrogen functional groups attached to an aromatic ring is 1. The number of rotatable bonds is 5. The van der Waals surface area contributed by atoms with Crippen molar-refractivity contribution in [1.29, 1.82) is 5.26 Å². The summed E-state index contributed by atoms with van der Waals surface area (Å²) in [6, 6.07) is 17.0. The van der Waals surface area contributed by atoms with Crippen LogP contribution in [0, 0.1) is 11.3 Å². The molecule has 5 rings (SSSR count). The molecule has 0 radical (unpaired) electrons. The third kappa shape index (κ3) is 6.68. The zero-order valence-corrected chi connectivity index (χ0v) is 19.9. The molecule has 0 saturated carbocycles. The van der Waals surface area contributed by atoms with E-state index in [2.05, 4.69) is 43.6 Å². The van der Waals surface area contributed by atoms with E-state index in [0.717, 1.165) is 23.4 Å². The Morgan fingerprint density at radius 2 is 1.71 bits per heavy atom. The first-order valence-corrected chi connectivity index (χ1v) is 11.9. The van der Waals surface area contributed by atoms with Crippen molar-refractivity contribution in [3.63, 3.8) is 0 Å². The van der Waals surface area contributed by atoms with Gasteiger partial charge in [-0.15, -0.1) is 5.10 Å². The van der Waals surface area contributed by atoms with Gasteiger partial charge in [-0.2, -0.15) is 5.26 Å². The smallest absolute Gasteiger partial charge is 0.221 e. The fraction of sp³-hybridized carbons (Fsp3) is 0.308. The Labute approximate surface area is 205 Å². The highest BCUT2D eigenvalue weighted by Crippen LogP contribution is 2.24. The van der Waals surface area contributed by atoms with Gasteiger partial charge in [-0.1, -0.05) is 36.8 Å². The average molecular weight is 468 g/mol. The molecule has 4 heterocycles. The quantitative estimate of drug-likeness (QED) is 0.455. The summed E-state index contributed by atoms with van der Waals surface area (Å²) in [6.07, 6.45) is 6.90. The van der Waals surface area contributed by atoms with Gasteiger partial charge in [0.1, 0.15) is 5.69 Å². The van der Waals surface area contributed by atoms with Crippen LogP contribution in [-0.4, -0.2) is 43.0 Å². The Kier molecular flexibility index (Phi) is 8.09. The highest BCUT2D eigenvalue weighted by atomic mass is 15.4. The van der Waals surface area contributed by atoms with Crippen LogP contribution in [-0.2, 0) is 13.0 Å². The first-order chi connectivity index (χ1) is 17.1. The van der Waals surface area contributed by atoms with Gasteiger partial charge in [-0.25, -0.2) is 14.6 Å². The van der Waals surface area contributed by atoms with Crippen molar-refractivity contribution in [3.8, 4) is 28.7 Å². The van der Waals surface area contributed by atoms with E-state index in [1.165, 1.54) is 32.4 Å². The molecule has 0 spiro atoms. The van der Waals surface area contributed by atoms with Gasteiger partial charge in [0, 0.05) is 11.3 Å². The molecule has 9 nitrogen and oxygen atoms in total. The molecule has 35 heavy (non-hydrogen) atoms. The molecule has 1 saturated heterocycles. The lowest BCUT2D eigenvalue weighted by molar-refractivity contribution is 0.520. The molecule has 178 valence electrons. The van der Waals surface area contributed by atoms with Crippen molar-refractivity contribution in [2.45, 2.75) is 39.2 Å². The molecular formula is C26H29N9. The summed E-state index contributed by atoms with van der Waals surface area (Å²) in [5.74, 6) is 0.131. The third-order valence-electron chi connectivity index (χ3n) is 5.59.